The normalized spacial score (nSPS) is 22.6. The molecule has 1 aliphatic carbocycles. The van der Waals surface area contributed by atoms with Crippen molar-refractivity contribution in [3.05, 3.63) is 59.2 Å². The van der Waals surface area contributed by atoms with Crippen molar-refractivity contribution in [1.82, 2.24) is 9.80 Å². The first-order chi connectivity index (χ1) is 14.6. The third kappa shape index (κ3) is 4.37. The van der Waals surface area contributed by atoms with Crippen LogP contribution in [0.5, 0.6) is 11.5 Å². The van der Waals surface area contributed by atoms with E-state index in [1.165, 1.54) is 5.56 Å². The number of nitrogens with zero attached hydrogens (tertiary/aromatic N) is 2. The minimum Gasteiger partial charge on any atom is -0.493 e. The molecule has 4 rings (SSSR count). The van der Waals surface area contributed by atoms with Gasteiger partial charge in [-0.25, -0.2) is 0 Å². The number of ether oxygens (including phenoxy) is 2. The van der Waals surface area contributed by atoms with Crippen LogP contribution in [0.25, 0.3) is 0 Å². The molecule has 5 nitrogen and oxygen atoms in total. The Hall–Kier alpha value is -2.37. The fourth-order valence-corrected chi connectivity index (χ4v) is 4.78. The Balaban J connectivity index is 1.39. The van der Waals surface area contributed by atoms with Gasteiger partial charge in [-0.3, -0.25) is 9.69 Å². The highest BCUT2D eigenvalue weighted by molar-refractivity contribution is 6.01. The predicted molar refractivity (Wildman–Crippen MR) is 118 cm³/mol. The second-order valence-electron chi connectivity index (χ2n) is 8.58. The molecule has 160 valence electrons. The van der Waals surface area contributed by atoms with Crippen LogP contribution in [0.4, 0.5) is 0 Å². The maximum Gasteiger partial charge on any atom is 0.167 e. The molecule has 0 amide bonds. The van der Waals surface area contributed by atoms with E-state index >= 15 is 0 Å². The van der Waals surface area contributed by atoms with E-state index in [9.17, 15) is 4.79 Å². The van der Waals surface area contributed by atoms with Gasteiger partial charge in [0.05, 0.1) is 14.2 Å². The van der Waals surface area contributed by atoms with Crippen molar-refractivity contribution >= 4 is 5.78 Å². The van der Waals surface area contributed by atoms with Crippen molar-refractivity contribution in [1.29, 1.82) is 0 Å². The number of hydrogen-bond acceptors (Lipinski definition) is 5. The van der Waals surface area contributed by atoms with E-state index < -0.39 is 0 Å². The summed E-state index contributed by atoms with van der Waals surface area (Å²) in [5.41, 5.74) is 3.25. The Labute approximate surface area is 179 Å². The Kier molecular flexibility index (Phi) is 6.40. The summed E-state index contributed by atoms with van der Waals surface area (Å²) in [5, 5.41) is 0. The monoisotopic (exact) mass is 408 g/mol. The third-order valence-corrected chi connectivity index (χ3v) is 6.61. The molecule has 1 saturated heterocycles. The molecular formula is C25H32N2O3. The number of piperazine rings is 1. The molecule has 0 spiro atoms. The molecule has 0 saturated carbocycles. The molecule has 2 aromatic rings. The minimum absolute atomic E-state index is 0.0382. The van der Waals surface area contributed by atoms with E-state index in [1.54, 1.807) is 14.2 Å². The van der Waals surface area contributed by atoms with Crippen LogP contribution in [0.3, 0.4) is 0 Å². The van der Waals surface area contributed by atoms with Gasteiger partial charge in [0, 0.05) is 50.7 Å². The van der Waals surface area contributed by atoms with Crippen LogP contribution in [0, 0.1) is 11.8 Å². The summed E-state index contributed by atoms with van der Waals surface area (Å²) >= 11 is 0. The van der Waals surface area contributed by atoms with Crippen LogP contribution in [0.2, 0.25) is 0 Å². The third-order valence-electron chi connectivity index (χ3n) is 6.61. The second-order valence-corrected chi connectivity index (χ2v) is 8.58. The van der Waals surface area contributed by atoms with Gasteiger partial charge in [-0.15, -0.1) is 0 Å². The molecule has 30 heavy (non-hydrogen) atoms. The largest absolute Gasteiger partial charge is 0.493 e. The van der Waals surface area contributed by atoms with E-state index in [0.29, 0.717) is 17.4 Å². The summed E-state index contributed by atoms with van der Waals surface area (Å²) in [4.78, 5) is 18.3. The molecule has 0 bridgehead atoms. The SMILES string of the molecule is COc1cc2c(cc1OC)C(=O)C(CN1CCN(Cc3ccccc3)CC1)C(C)C2. The van der Waals surface area contributed by atoms with Crippen LogP contribution in [-0.4, -0.2) is 62.5 Å². The fraction of sp³-hybridized carbons (Fsp3) is 0.480. The number of fused-ring (bicyclic) bond motifs is 1. The topological polar surface area (TPSA) is 42.0 Å². The van der Waals surface area contributed by atoms with Crippen LogP contribution in [0.15, 0.2) is 42.5 Å². The highest BCUT2D eigenvalue weighted by Crippen LogP contribution is 2.38. The van der Waals surface area contributed by atoms with E-state index in [-0.39, 0.29) is 11.7 Å². The van der Waals surface area contributed by atoms with Gasteiger partial charge in [0.1, 0.15) is 0 Å². The van der Waals surface area contributed by atoms with Gasteiger partial charge in [-0.1, -0.05) is 37.3 Å². The van der Waals surface area contributed by atoms with E-state index in [0.717, 1.165) is 56.8 Å². The maximum absolute atomic E-state index is 13.3. The second kappa shape index (κ2) is 9.19. The van der Waals surface area contributed by atoms with Crippen LogP contribution in [0.1, 0.15) is 28.4 Å². The van der Waals surface area contributed by atoms with Crippen molar-refractivity contribution in [2.24, 2.45) is 11.8 Å². The summed E-state index contributed by atoms with van der Waals surface area (Å²) in [6.07, 6.45) is 0.903. The number of ketones is 1. The van der Waals surface area contributed by atoms with Gasteiger partial charge >= 0.3 is 0 Å². The zero-order valence-corrected chi connectivity index (χ0v) is 18.3. The molecule has 1 aliphatic heterocycles. The number of Topliss-reactive ketones (excluding diaryl/α,β-unsaturated/α-hetero) is 1. The van der Waals surface area contributed by atoms with Crippen molar-refractivity contribution in [3.63, 3.8) is 0 Å². The first-order valence-electron chi connectivity index (χ1n) is 10.9. The lowest BCUT2D eigenvalue weighted by Crippen LogP contribution is -2.49. The van der Waals surface area contributed by atoms with Gasteiger partial charge in [0.15, 0.2) is 17.3 Å². The number of benzene rings is 2. The molecule has 2 aliphatic rings. The molecule has 2 aromatic carbocycles. The molecule has 2 unspecified atom stereocenters. The van der Waals surface area contributed by atoms with Crippen LogP contribution in [-0.2, 0) is 13.0 Å². The molecule has 1 fully saturated rings. The van der Waals surface area contributed by atoms with Gasteiger partial charge in [-0.05, 0) is 35.6 Å². The maximum atomic E-state index is 13.3. The van der Waals surface area contributed by atoms with Gasteiger partial charge < -0.3 is 14.4 Å². The van der Waals surface area contributed by atoms with Crippen molar-refractivity contribution in [3.8, 4) is 11.5 Å². The molecule has 0 radical (unpaired) electrons. The number of rotatable bonds is 6. The number of methoxy groups -OCH3 is 2. The fourth-order valence-electron chi connectivity index (χ4n) is 4.78. The molecule has 0 N–H and O–H groups in total. The number of carbonyl (C=O) groups excluding carboxylic acids is 1. The highest BCUT2D eigenvalue weighted by atomic mass is 16.5. The molecule has 2 atom stereocenters. The van der Waals surface area contributed by atoms with Crippen LogP contribution < -0.4 is 9.47 Å². The number of carbonyl (C=O) groups is 1. The summed E-state index contributed by atoms with van der Waals surface area (Å²) in [6.45, 7) is 8.17. The lowest BCUT2D eigenvalue weighted by atomic mass is 9.75. The van der Waals surface area contributed by atoms with Gasteiger partial charge in [-0.2, -0.15) is 0 Å². The van der Waals surface area contributed by atoms with Gasteiger partial charge in [0.25, 0.3) is 0 Å². The summed E-state index contributed by atoms with van der Waals surface area (Å²) in [6, 6.07) is 14.5. The number of hydrogen-bond donors (Lipinski definition) is 0. The first-order valence-corrected chi connectivity index (χ1v) is 10.9. The average molecular weight is 409 g/mol. The molecular weight excluding hydrogens is 376 g/mol. The zero-order chi connectivity index (χ0) is 21.1. The Bertz CT molecular complexity index is 875. The minimum atomic E-state index is 0.0382. The van der Waals surface area contributed by atoms with Crippen molar-refractivity contribution in [2.45, 2.75) is 19.9 Å². The van der Waals surface area contributed by atoms with Crippen LogP contribution >= 0.6 is 0 Å². The van der Waals surface area contributed by atoms with Crippen molar-refractivity contribution < 1.29 is 14.3 Å². The summed E-state index contributed by atoms with van der Waals surface area (Å²) in [7, 11) is 3.26. The van der Waals surface area contributed by atoms with E-state index in [2.05, 4.69) is 47.1 Å². The van der Waals surface area contributed by atoms with Gasteiger partial charge in [0.2, 0.25) is 0 Å². The highest BCUT2D eigenvalue weighted by Gasteiger charge is 2.35. The summed E-state index contributed by atoms with van der Waals surface area (Å²) in [5.74, 6) is 1.94. The zero-order valence-electron chi connectivity index (χ0n) is 18.3. The van der Waals surface area contributed by atoms with E-state index in [4.69, 9.17) is 9.47 Å². The Morgan fingerprint density at radius 2 is 1.57 bits per heavy atom. The van der Waals surface area contributed by atoms with E-state index in [1.807, 2.05) is 12.1 Å². The lowest BCUT2D eigenvalue weighted by Gasteiger charge is -2.38. The molecule has 1 heterocycles. The standard InChI is InChI=1S/C25H32N2O3/c1-18-13-20-14-23(29-2)24(30-3)15-21(20)25(28)22(18)17-27-11-9-26(10-12-27)16-19-7-5-4-6-8-19/h4-8,14-15,18,22H,9-13,16-17H2,1-3H3. The first kappa shape index (κ1) is 20.9. The molecule has 5 heteroatoms. The Morgan fingerprint density at radius 1 is 0.933 bits per heavy atom. The molecule has 0 aromatic heterocycles. The smallest absolute Gasteiger partial charge is 0.167 e. The van der Waals surface area contributed by atoms with Crippen molar-refractivity contribution in [2.75, 3.05) is 46.9 Å². The summed E-state index contributed by atoms with van der Waals surface area (Å²) < 4.78 is 10.9. The Morgan fingerprint density at radius 3 is 2.23 bits per heavy atom. The quantitative estimate of drug-likeness (QED) is 0.732. The lowest BCUT2D eigenvalue weighted by molar-refractivity contribution is 0.0712. The predicted octanol–water partition coefficient (Wildman–Crippen LogP) is 3.51. The average Bonchev–Trinajstić information content (AvgIpc) is 2.77.